The number of guanidine groups is 2. The first-order chi connectivity index (χ1) is 9.22. The first kappa shape index (κ1) is 14.9. The lowest BCUT2D eigenvalue weighted by Gasteiger charge is -2.05. The van der Waals surface area contributed by atoms with Crippen LogP contribution in [0.2, 0.25) is 0 Å². The van der Waals surface area contributed by atoms with E-state index in [1.807, 2.05) is 0 Å². The SMILES string of the molecule is Cc1c(N=C(N)N=C(N)N)cc(C(N)=O)cc1[N+](=O)[O-]. The maximum atomic E-state index is 11.2. The highest BCUT2D eigenvalue weighted by Crippen LogP contribution is 2.29. The van der Waals surface area contributed by atoms with Crippen molar-refractivity contribution in [2.24, 2.45) is 32.9 Å². The van der Waals surface area contributed by atoms with Crippen LogP contribution in [0.3, 0.4) is 0 Å². The number of aliphatic imine (C=N–C) groups is 2. The lowest BCUT2D eigenvalue weighted by Crippen LogP contribution is -2.26. The second-order valence-electron chi connectivity index (χ2n) is 3.77. The first-order valence-corrected chi connectivity index (χ1v) is 5.25. The van der Waals surface area contributed by atoms with Gasteiger partial charge in [0.2, 0.25) is 11.9 Å². The van der Waals surface area contributed by atoms with Gasteiger partial charge in [-0.1, -0.05) is 0 Å². The zero-order chi connectivity index (χ0) is 15.4. The van der Waals surface area contributed by atoms with Crippen LogP contribution in [0.4, 0.5) is 11.4 Å². The van der Waals surface area contributed by atoms with E-state index in [9.17, 15) is 14.9 Å². The van der Waals surface area contributed by atoms with Crippen molar-refractivity contribution in [1.82, 2.24) is 0 Å². The van der Waals surface area contributed by atoms with Gasteiger partial charge < -0.3 is 22.9 Å². The average Bonchev–Trinajstić information content (AvgIpc) is 2.29. The molecule has 0 radical (unpaired) electrons. The van der Waals surface area contributed by atoms with Crippen molar-refractivity contribution in [3.05, 3.63) is 33.4 Å². The van der Waals surface area contributed by atoms with Crippen LogP contribution in [0, 0.1) is 17.0 Å². The predicted octanol–water partition coefficient (Wildman–Crippen LogP) is -0.778. The molecule has 0 saturated carbocycles. The van der Waals surface area contributed by atoms with Crippen molar-refractivity contribution in [2.45, 2.75) is 6.92 Å². The third kappa shape index (κ3) is 3.41. The number of hydrogen-bond donors (Lipinski definition) is 4. The molecule has 106 valence electrons. The topological polar surface area (TPSA) is 189 Å². The molecule has 20 heavy (non-hydrogen) atoms. The largest absolute Gasteiger partial charge is 0.370 e. The second-order valence-corrected chi connectivity index (χ2v) is 3.77. The molecule has 10 nitrogen and oxygen atoms in total. The van der Waals surface area contributed by atoms with Crippen molar-refractivity contribution in [2.75, 3.05) is 0 Å². The van der Waals surface area contributed by atoms with E-state index in [1.165, 1.54) is 13.0 Å². The number of nitro benzene ring substituents is 1. The van der Waals surface area contributed by atoms with Gasteiger partial charge in [0, 0.05) is 11.6 Å². The minimum atomic E-state index is -0.829. The summed E-state index contributed by atoms with van der Waals surface area (Å²) in [4.78, 5) is 28.7. The molecule has 0 aromatic heterocycles. The zero-order valence-electron chi connectivity index (χ0n) is 10.5. The molecule has 1 rings (SSSR count). The van der Waals surface area contributed by atoms with Crippen molar-refractivity contribution in [3.63, 3.8) is 0 Å². The molecule has 1 aromatic rings. The Morgan fingerprint density at radius 1 is 1.25 bits per heavy atom. The van der Waals surface area contributed by atoms with E-state index in [2.05, 4.69) is 9.98 Å². The summed E-state index contributed by atoms with van der Waals surface area (Å²) in [5.41, 5.74) is 20.7. The summed E-state index contributed by atoms with van der Waals surface area (Å²) in [5.74, 6) is -1.45. The number of amides is 1. The van der Waals surface area contributed by atoms with Gasteiger partial charge >= 0.3 is 0 Å². The number of nitrogens with zero attached hydrogens (tertiary/aromatic N) is 3. The summed E-state index contributed by atoms with van der Waals surface area (Å²) < 4.78 is 0. The smallest absolute Gasteiger partial charge is 0.275 e. The Morgan fingerprint density at radius 3 is 2.30 bits per heavy atom. The zero-order valence-corrected chi connectivity index (χ0v) is 10.5. The molecule has 0 unspecified atom stereocenters. The van der Waals surface area contributed by atoms with E-state index in [4.69, 9.17) is 22.9 Å². The molecule has 0 heterocycles. The van der Waals surface area contributed by atoms with Gasteiger partial charge in [0.05, 0.1) is 16.2 Å². The fraction of sp³-hybridized carbons (Fsp3) is 0.100. The van der Waals surface area contributed by atoms with Crippen LogP contribution in [-0.2, 0) is 0 Å². The maximum absolute atomic E-state index is 11.2. The number of rotatable bonds is 3. The van der Waals surface area contributed by atoms with Crippen LogP contribution < -0.4 is 22.9 Å². The quantitative estimate of drug-likeness (QED) is 0.243. The molecule has 10 heteroatoms. The van der Waals surface area contributed by atoms with Gasteiger partial charge in [-0.3, -0.25) is 14.9 Å². The standard InChI is InChI=1S/C10H13N7O3/c1-4-6(15-10(14)16-9(12)13)2-5(8(11)18)3-7(4)17(19)20/h2-3H,1H3,(H2,11,18)(H6,12,13,14,15,16). The minimum Gasteiger partial charge on any atom is -0.370 e. The molecule has 0 aliphatic heterocycles. The summed E-state index contributed by atoms with van der Waals surface area (Å²) in [6.45, 7) is 1.45. The van der Waals surface area contributed by atoms with Gasteiger partial charge in [-0.15, -0.1) is 0 Å². The van der Waals surface area contributed by atoms with Crippen LogP contribution in [0.25, 0.3) is 0 Å². The fourth-order valence-electron chi connectivity index (χ4n) is 1.41. The Hall–Kier alpha value is -3.17. The summed E-state index contributed by atoms with van der Waals surface area (Å²) >= 11 is 0. The van der Waals surface area contributed by atoms with Crippen molar-refractivity contribution in [1.29, 1.82) is 0 Å². The Labute approximate surface area is 113 Å². The highest BCUT2D eigenvalue weighted by molar-refractivity contribution is 5.97. The van der Waals surface area contributed by atoms with Gasteiger partial charge in [0.15, 0.2) is 5.96 Å². The van der Waals surface area contributed by atoms with Gasteiger partial charge in [-0.05, 0) is 13.0 Å². The van der Waals surface area contributed by atoms with Crippen molar-refractivity contribution in [3.8, 4) is 0 Å². The third-order valence-electron chi connectivity index (χ3n) is 2.31. The molecular formula is C10H13N7O3. The number of benzene rings is 1. The van der Waals surface area contributed by atoms with Crippen LogP contribution in [0.15, 0.2) is 22.1 Å². The lowest BCUT2D eigenvalue weighted by molar-refractivity contribution is -0.385. The van der Waals surface area contributed by atoms with Gasteiger partial charge in [-0.25, -0.2) is 4.99 Å². The van der Waals surface area contributed by atoms with E-state index in [0.29, 0.717) is 0 Å². The van der Waals surface area contributed by atoms with E-state index < -0.39 is 10.8 Å². The van der Waals surface area contributed by atoms with E-state index >= 15 is 0 Å². The van der Waals surface area contributed by atoms with Crippen molar-refractivity contribution < 1.29 is 9.72 Å². The predicted molar refractivity (Wildman–Crippen MR) is 73.4 cm³/mol. The first-order valence-electron chi connectivity index (χ1n) is 5.25. The molecule has 8 N–H and O–H groups in total. The highest BCUT2D eigenvalue weighted by atomic mass is 16.6. The molecule has 0 aliphatic carbocycles. The molecule has 0 fully saturated rings. The normalized spacial score (nSPS) is 10.9. The summed E-state index contributed by atoms with van der Waals surface area (Å²) in [5, 5.41) is 10.9. The number of primary amides is 1. The van der Waals surface area contributed by atoms with Gasteiger partial charge in [0.25, 0.3) is 5.69 Å². The van der Waals surface area contributed by atoms with Gasteiger partial charge in [-0.2, -0.15) is 4.99 Å². The molecule has 0 saturated heterocycles. The molecule has 0 atom stereocenters. The Kier molecular flexibility index (Phi) is 4.20. The Balaban J connectivity index is 3.50. The van der Waals surface area contributed by atoms with E-state index in [0.717, 1.165) is 6.07 Å². The number of carbonyl (C=O) groups excluding carboxylic acids is 1. The van der Waals surface area contributed by atoms with Crippen LogP contribution >= 0.6 is 0 Å². The molecular weight excluding hydrogens is 266 g/mol. The van der Waals surface area contributed by atoms with Crippen molar-refractivity contribution >= 4 is 29.2 Å². The van der Waals surface area contributed by atoms with E-state index in [1.54, 1.807) is 0 Å². The summed E-state index contributed by atoms with van der Waals surface area (Å²) in [7, 11) is 0. The molecule has 1 amide bonds. The summed E-state index contributed by atoms with van der Waals surface area (Å²) in [6.07, 6.45) is 0. The lowest BCUT2D eigenvalue weighted by atomic mass is 10.1. The molecule has 0 spiro atoms. The molecule has 0 bridgehead atoms. The number of hydrogen-bond acceptors (Lipinski definition) is 4. The van der Waals surface area contributed by atoms with Crippen LogP contribution in [-0.4, -0.2) is 22.7 Å². The maximum Gasteiger partial charge on any atom is 0.275 e. The molecule has 1 aromatic carbocycles. The number of nitrogens with two attached hydrogens (primary N) is 4. The number of nitro groups is 1. The minimum absolute atomic E-state index is 0.0708. The monoisotopic (exact) mass is 279 g/mol. The molecule has 0 aliphatic rings. The summed E-state index contributed by atoms with van der Waals surface area (Å²) in [6, 6.07) is 2.33. The van der Waals surface area contributed by atoms with Gasteiger partial charge in [0.1, 0.15) is 0 Å². The second kappa shape index (κ2) is 5.65. The third-order valence-corrected chi connectivity index (χ3v) is 2.31. The fourth-order valence-corrected chi connectivity index (χ4v) is 1.41. The average molecular weight is 279 g/mol. The Bertz CT molecular complexity index is 632. The van der Waals surface area contributed by atoms with Crippen LogP contribution in [0.1, 0.15) is 15.9 Å². The highest BCUT2D eigenvalue weighted by Gasteiger charge is 2.18. The van der Waals surface area contributed by atoms with E-state index in [-0.39, 0.29) is 34.4 Å². The number of carbonyl (C=O) groups is 1. The Morgan fingerprint density at radius 2 is 1.85 bits per heavy atom. The van der Waals surface area contributed by atoms with Crippen LogP contribution in [0.5, 0.6) is 0 Å².